The molecule has 0 unspecified atom stereocenters. The summed E-state index contributed by atoms with van der Waals surface area (Å²) in [6.45, 7) is 6.05. The summed E-state index contributed by atoms with van der Waals surface area (Å²) in [4.78, 5) is 2.60. The Morgan fingerprint density at radius 1 is 1.24 bits per heavy atom. The van der Waals surface area contributed by atoms with Crippen LogP contribution in [-0.2, 0) is 6.42 Å². The van der Waals surface area contributed by atoms with Crippen molar-refractivity contribution in [3.8, 4) is 0 Å². The largest absolute Gasteiger partial charge is 0.306 e. The van der Waals surface area contributed by atoms with Gasteiger partial charge in [0.15, 0.2) is 0 Å². The molecule has 0 spiro atoms. The second-order valence-corrected chi connectivity index (χ2v) is 5.53. The Kier molecular flexibility index (Phi) is 3.17. The highest BCUT2D eigenvalue weighted by molar-refractivity contribution is 5.33. The summed E-state index contributed by atoms with van der Waals surface area (Å²) in [5, 5.41) is 3.76. The molecule has 0 amide bonds. The third-order valence-corrected chi connectivity index (χ3v) is 4.08. The van der Waals surface area contributed by atoms with Gasteiger partial charge in [-0.3, -0.25) is 0 Å². The minimum atomic E-state index is 0.535. The van der Waals surface area contributed by atoms with Gasteiger partial charge in [0.1, 0.15) is 0 Å². The summed E-state index contributed by atoms with van der Waals surface area (Å²) in [6, 6.07) is 10.1. The maximum atomic E-state index is 3.76. The second-order valence-electron chi connectivity index (χ2n) is 5.53. The fourth-order valence-electron chi connectivity index (χ4n) is 3.26. The van der Waals surface area contributed by atoms with Crippen molar-refractivity contribution in [1.82, 2.24) is 10.2 Å². The molecule has 2 nitrogen and oxygen atoms in total. The van der Waals surface area contributed by atoms with Crippen LogP contribution in [0.5, 0.6) is 0 Å². The van der Waals surface area contributed by atoms with Crippen LogP contribution in [0.15, 0.2) is 24.3 Å². The first-order valence-electron chi connectivity index (χ1n) is 6.89. The number of hydrogen-bond acceptors (Lipinski definition) is 2. The van der Waals surface area contributed by atoms with Gasteiger partial charge < -0.3 is 10.2 Å². The van der Waals surface area contributed by atoms with E-state index in [0.29, 0.717) is 12.1 Å². The van der Waals surface area contributed by atoms with Gasteiger partial charge in [0.25, 0.3) is 0 Å². The quantitative estimate of drug-likeness (QED) is 0.839. The van der Waals surface area contributed by atoms with Gasteiger partial charge in [0.2, 0.25) is 0 Å². The summed E-state index contributed by atoms with van der Waals surface area (Å²) >= 11 is 0. The smallest absolute Gasteiger partial charge is 0.0454 e. The van der Waals surface area contributed by atoms with E-state index in [1.165, 1.54) is 44.5 Å². The molecule has 1 fully saturated rings. The Balaban J connectivity index is 1.79. The van der Waals surface area contributed by atoms with Gasteiger partial charge in [0.05, 0.1) is 0 Å². The zero-order valence-corrected chi connectivity index (χ0v) is 10.7. The molecule has 0 radical (unpaired) electrons. The summed E-state index contributed by atoms with van der Waals surface area (Å²) in [6.07, 6.45) is 3.93. The standard InChI is InChI=1S/C15H22N2/c1-12-10-13-6-2-3-7-14(13)15(16-12)11-17-8-4-5-9-17/h2-3,6-7,12,15-16H,4-5,8-11H2,1H3/t12-,15+/m1/s1. The molecule has 0 saturated carbocycles. The zero-order chi connectivity index (χ0) is 11.7. The Labute approximate surface area is 104 Å². The Morgan fingerprint density at radius 3 is 2.82 bits per heavy atom. The molecule has 3 rings (SSSR count). The molecule has 0 aromatic heterocycles. The SMILES string of the molecule is C[C@@H]1Cc2ccccc2[C@H](CN2CCCC2)N1. The fraction of sp³-hybridized carbons (Fsp3) is 0.600. The zero-order valence-electron chi connectivity index (χ0n) is 10.7. The molecule has 0 aliphatic carbocycles. The van der Waals surface area contributed by atoms with Crippen molar-refractivity contribution in [3.63, 3.8) is 0 Å². The topological polar surface area (TPSA) is 15.3 Å². The van der Waals surface area contributed by atoms with Crippen LogP contribution in [0, 0.1) is 0 Å². The number of nitrogens with one attached hydrogen (secondary N) is 1. The van der Waals surface area contributed by atoms with Crippen molar-refractivity contribution in [1.29, 1.82) is 0 Å². The average molecular weight is 230 g/mol. The highest BCUT2D eigenvalue weighted by atomic mass is 15.2. The van der Waals surface area contributed by atoms with Crippen LogP contribution in [-0.4, -0.2) is 30.6 Å². The van der Waals surface area contributed by atoms with Crippen molar-refractivity contribution in [2.45, 2.75) is 38.3 Å². The molecule has 2 aliphatic heterocycles. The first-order chi connectivity index (χ1) is 8.33. The lowest BCUT2D eigenvalue weighted by Crippen LogP contribution is -2.42. The Bertz CT molecular complexity index is 382. The molecule has 2 heteroatoms. The van der Waals surface area contributed by atoms with Crippen LogP contribution >= 0.6 is 0 Å². The predicted molar refractivity (Wildman–Crippen MR) is 71.2 cm³/mol. The molecule has 0 bridgehead atoms. The normalized spacial score (nSPS) is 29.2. The van der Waals surface area contributed by atoms with E-state index in [0.717, 1.165) is 0 Å². The monoisotopic (exact) mass is 230 g/mol. The van der Waals surface area contributed by atoms with Crippen molar-refractivity contribution in [2.75, 3.05) is 19.6 Å². The van der Waals surface area contributed by atoms with E-state index in [-0.39, 0.29) is 0 Å². The van der Waals surface area contributed by atoms with E-state index < -0.39 is 0 Å². The summed E-state index contributed by atoms with van der Waals surface area (Å²) in [5.41, 5.74) is 3.07. The Hall–Kier alpha value is -0.860. The molecule has 1 N–H and O–H groups in total. The molecular formula is C15H22N2. The summed E-state index contributed by atoms with van der Waals surface area (Å²) in [7, 11) is 0. The van der Waals surface area contributed by atoms with E-state index in [2.05, 4.69) is 41.4 Å². The third kappa shape index (κ3) is 2.38. The number of benzene rings is 1. The van der Waals surface area contributed by atoms with Crippen molar-refractivity contribution in [3.05, 3.63) is 35.4 Å². The molecule has 92 valence electrons. The summed E-state index contributed by atoms with van der Waals surface area (Å²) < 4.78 is 0. The van der Waals surface area contributed by atoms with Gasteiger partial charge in [-0.25, -0.2) is 0 Å². The van der Waals surface area contributed by atoms with Gasteiger partial charge in [-0.2, -0.15) is 0 Å². The van der Waals surface area contributed by atoms with Gasteiger partial charge in [-0.15, -0.1) is 0 Å². The maximum absolute atomic E-state index is 3.76. The first kappa shape index (κ1) is 11.2. The lowest BCUT2D eigenvalue weighted by Gasteiger charge is -2.34. The number of nitrogens with zero attached hydrogens (tertiary/aromatic N) is 1. The van der Waals surface area contributed by atoms with Crippen LogP contribution in [0.2, 0.25) is 0 Å². The van der Waals surface area contributed by atoms with Crippen LogP contribution in [0.4, 0.5) is 0 Å². The van der Waals surface area contributed by atoms with Gasteiger partial charge in [-0.05, 0) is 50.4 Å². The molecule has 2 aliphatic rings. The van der Waals surface area contributed by atoms with E-state index in [1.54, 1.807) is 5.56 Å². The number of likely N-dealkylation sites (tertiary alicyclic amines) is 1. The molecule has 17 heavy (non-hydrogen) atoms. The highest BCUT2D eigenvalue weighted by Gasteiger charge is 2.25. The minimum Gasteiger partial charge on any atom is -0.306 e. The number of hydrogen-bond donors (Lipinski definition) is 1. The van der Waals surface area contributed by atoms with Gasteiger partial charge >= 0.3 is 0 Å². The minimum absolute atomic E-state index is 0.535. The van der Waals surface area contributed by atoms with Crippen molar-refractivity contribution < 1.29 is 0 Å². The second kappa shape index (κ2) is 4.79. The van der Waals surface area contributed by atoms with Crippen molar-refractivity contribution in [2.24, 2.45) is 0 Å². The van der Waals surface area contributed by atoms with Crippen LogP contribution in [0.3, 0.4) is 0 Å². The first-order valence-corrected chi connectivity index (χ1v) is 6.89. The molecule has 1 aromatic rings. The van der Waals surface area contributed by atoms with Crippen molar-refractivity contribution >= 4 is 0 Å². The van der Waals surface area contributed by atoms with E-state index in [9.17, 15) is 0 Å². The highest BCUT2D eigenvalue weighted by Crippen LogP contribution is 2.26. The molecular weight excluding hydrogens is 208 g/mol. The summed E-state index contributed by atoms with van der Waals surface area (Å²) in [5.74, 6) is 0. The molecule has 2 heterocycles. The maximum Gasteiger partial charge on any atom is 0.0454 e. The van der Waals surface area contributed by atoms with E-state index in [4.69, 9.17) is 0 Å². The predicted octanol–water partition coefficient (Wildman–Crippen LogP) is 2.36. The molecule has 2 atom stereocenters. The fourth-order valence-corrected chi connectivity index (χ4v) is 3.26. The van der Waals surface area contributed by atoms with Gasteiger partial charge in [0, 0.05) is 18.6 Å². The molecule has 1 saturated heterocycles. The number of rotatable bonds is 2. The van der Waals surface area contributed by atoms with Crippen LogP contribution in [0.1, 0.15) is 36.9 Å². The lowest BCUT2D eigenvalue weighted by molar-refractivity contribution is 0.272. The molecule has 1 aromatic carbocycles. The van der Waals surface area contributed by atoms with E-state index in [1.807, 2.05) is 0 Å². The van der Waals surface area contributed by atoms with Gasteiger partial charge in [-0.1, -0.05) is 24.3 Å². The lowest BCUT2D eigenvalue weighted by atomic mass is 9.90. The third-order valence-electron chi connectivity index (χ3n) is 4.08. The Morgan fingerprint density at radius 2 is 2.00 bits per heavy atom. The average Bonchev–Trinajstić information content (AvgIpc) is 2.81. The number of fused-ring (bicyclic) bond motifs is 1. The van der Waals surface area contributed by atoms with Crippen LogP contribution < -0.4 is 5.32 Å². The van der Waals surface area contributed by atoms with Crippen LogP contribution in [0.25, 0.3) is 0 Å². The van der Waals surface area contributed by atoms with E-state index >= 15 is 0 Å².